The van der Waals surface area contributed by atoms with E-state index in [1.54, 1.807) is 48.5 Å². The Hall–Kier alpha value is -3.19. The van der Waals surface area contributed by atoms with Gasteiger partial charge in [0.2, 0.25) is 5.91 Å². The molecule has 2 aromatic rings. The number of rotatable bonds is 9. The standard InChI is InChI=1S/C24H31N3O4/c1-5-31-14-8-13-25-21(28)17-9-6-11-19(15-17)26-22(29)18-10-7-12-20(16-18)27-23(30)24(2,3)4/h6-7,9-12,15-16H,5,8,13-14H2,1-4H3,(H,25,28)(H,26,29)(H,27,30). The van der Waals surface area contributed by atoms with Crippen molar-refractivity contribution >= 4 is 29.1 Å². The summed E-state index contributed by atoms with van der Waals surface area (Å²) >= 11 is 0. The fraction of sp³-hybridized carbons (Fsp3) is 0.375. The van der Waals surface area contributed by atoms with E-state index in [0.29, 0.717) is 42.3 Å². The van der Waals surface area contributed by atoms with Gasteiger partial charge in [0, 0.05) is 47.7 Å². The fourth-order valence-electron chi connectivity index (χ4n) is 2.62. The number of amides is 3. The average molecular weight is 426 g/mol. The van der Waals surface area contributed by atoms with Crippen molar-refractivity contribution in [2.75, 3.05) is 30.4 Å². The molecular formula is C24H31N3O4. The lowest BCUT2D eigenvalue weighted by Gasteiger charge is -2.18. The maximum atomic E-state index is 12.7. The molecule has 0 saturated carbocycles. The lowest BCUT2D eigenvalue weighted by molar-refractivity contribution is -0.123. The van der Waals surface area contributed by atoms with Crippen molar-refractivity contribution in [3.63, 3.8) is 0 Å². The van der Waals surface area contributed by atoms with Crippen LogP contribution in [0, 0.1) is 5.41 Å². The molecule has 0 aromatic heterocycles. The predicted molar refractivity (Wildman–Crippen MR) is 122 cm³/mol. The van der Waals surface area contributed by atoms with Gasteiger partial charge in [-0.1, -0.05) is 32.9 Å². The fourth-order valence-corrected chi connectivity index (χ4v) is 2.62. The van der Waals surface area contributed by atoms with Gasteiger partial charge >= 0.3 is 0 Å². The molecule has 0 spiro atoms. The van der Waals surface area contributed by atoms with E-state index in [2.05, 4.69) is 16.0 Å². The normalized spacial score (nSPS) is 11.0. The Morgan fingerprint density at radius 1 is 0.871 bits per heavy atom. The van der Waals surface area contributed by atoms with Gasteiger partial charge in [0.25, 0.3) is 11.8 Å². The monoisotopic (exact) mass is 425 g/mol. The van der Waals surface area contributed by atoms with E-state index in [1.165, 1.54) is 0 Å². The minimum absolute atomic E-state index is 0.134. The first-order valence-electron chi connectivity index (χ1n) is 10.4. The molecule has 0 unspecified atom stereocenters. The summed E-state index contributed by atoms with van der Waals surface area (Å²) in [5.74, 6) is -0.675. The van der Waals surface area contributed by atoms with Crippen molar-refractivity contribution in [2.24, 2.45) is 5.41 Å². The topological polar surface area (TPSA) is 96.5 Å². The lowest BCUT2D eigenvalue weighted by Crippen LogP contribution is -2.27. The highest BCUT2D eigenvalue weighted by molar-refractivity contribution is 6.06. The maximum Gasteiger partial charge on any atom is 0.255 e. The largest absolute Gasteiger partial charge is 0.382 e. The highest BCUT2D eigenvalue weighted by atomic mass is 16.5. The number of carbonyl (C=O) groups excluding carboxylic acids is 3. The Balaban J connectivity index is 1.99. The van der Waals surface area contributed by atoms with Gasteiger partial charge in [0.15, 0.2) is 0 Å². The molecular weight excluding hydrogens is 394 g/mol. The van der Waals surface area contributed by atoms with Gasteiger partial charge in [-0.15, -0.1) is 0 Å². The van der Waals surface area contributed by atoms with Crippen LogP contribution in [0.2, 0.25) is 0 Å². The van der Waals surface area contributed by atoms with Crippen molar-refractivity contribution in [3.05, 3.63) is 59.7 Å². The molecule has 0 heterocycles. The first kappa shape index (κ1) is 24.1. The zero-order valence-electron chi connectivity index (χ0n) is 18.6. The molecule has 0 fully saturated rings. The van der Waals surface area contributed by atoms with E-state index in [0.717, 1.165) is 6.42 Å². The molecule has 2 aromatic carbocycles. The van der Waals surface area contributed by atoms with E-state index < -0.39 is 5.41 Å². The zero-order valence-corrected chi connectivity index (χ0v) is 18.6. The van der Waals surface area contributed by atoms with Crippen LogP contribution >= 0.6 is 0 Å². The number of nitrogens with one attached hydrogen (secondary N) is 3. The SMILES string of the molecule is CCOCCCNC(=O)c1cccc(NC(=O)c2cccc(NC(=O)C(C)(C)C)c2)c1. The summed E-state index contributed by atoms with van der Waals surface area (Å²) in [6.45, 7) is 9.16. The molecule has 0 aliphatic rings. The summed E-state index contributed by atoms with van der Waals surface area (Å²) in [5, 5.41) is 8.45. The van der Waals surface area contributed by atoms with Gasteiger partial charge in [0.1, 0.15) is 0 Å². The van der Waals surface area contributed by atoms with Gasteiger partial charge in [-0.2, -0.15) is 0 Å². The molecule has 166 valence electrons. The number of hydrogen-bond donors (Lipinski definition) is 3. The Kier molecular flexibility index (Phi) is 8.75. The second-order valence-corrected chi connectivity index (χ2v) is 8.13. The molecule has 7 heteroatoms. The Labute approximate surface area is 183 Å². The smallest absolute Gasteiger partial charge is 0.255 e. The molecule has 0 bridgehead atoms. The molecule has 0 aliphatic carbocycles. The van der Waals surface area contributed by atoms with E-state index in [4.69, 9.17) is 4.74 Å². The first-order valence-corrected chi connectivity index (χ1v) is 10.4. The molecule has 31 heavy (non-hydrogen) atoms. The van der Waals surface area contributed by atoms with Gasteiger partial charge in [-0.3, -0.25) is 14.4 Å². The second kappa shape index (κ2) is 11.3. The summed E-state index contributed by atoms with van der Waals surface area (Å²) in [6, 6.07) is 13.5. The van der Waals surface area contributed by atoms with Gasteiger partial charge < -0.3 is 20.7 Å². The molecule has 2 rings (SSSR count). The molecule has 3 N–H and O–H groups in total. The Morgan fingerprint density at radius 2 is 1.45 bits per heavy atom. The van der Waals surface area contributed by atoms with E-state index in [9.17, 15) is 14.4 Å². The number of carbonyl (C=O) groups is 3. The highest BCUT2D eigenvalue weighted by Crippen LogP contribution is 2.19. The summed E-state index contributed by atoms with van der Waals surface area (Å²) < 4.78 is 5.25. The van der Waals surface area contributed by atoms with Crippen LogP contribution in [0.25, 0.3) is 0 Å². The maximum absolute atomic E-state index is 12.7. The third kappa shape index (κ3) is 7.86. The van der Waals surface area contributed by atoms with Crippen molar-refractivity contribution in [1.29, 1.82) is 0 Å². The van der Waals surface area contributed by atoms with Crippen LogP contribution < -0.4 is 16.0 Å². The van der Waals surface area contributed by atoms with Crippen molar-refractivity contribution in [1.82, 2.24) is 5.32 Å². The van der Waals surface area contributed by atoms with Crippen LogP contribution in [0.15, 0.2) is 48.5 Å². The number of anilines is 2. The van der Waals surface area contributed by atoms with Crippen LogP contribution in [0.3, 0.4) is 0 Å². The van der Waals surface area contributed by atoms with E-state index in [-0.39, 0.29) is 17.7 Å². The van der Waals surface area contributed by atoms with Gasteiger partial charge in [-0.25, -0.2) is 0 Å². The van der Waals surface area contributed by atoms with Crippen molar-refractivity contribution < 1.29 is 19.1 Å². The molecule has 0 radical (unpaired) electrons. The Bertz CT molecular complexity index is 919. The average Bonchev–Trinajstić information content (AvgIpc) is 2.73. The lowest BCUT2D eigenvalue weighted by atomic mass is 9.95. The van der Waals surface area contributed by atoms with Crippen LogP contribution in [0.1, 0.15) is 54.8 Å². The summed E-state index contributed by atoms with van der Waals surface area (Å²) in [7, 11) is 0. The van der Waals surface area contributed by atoms with E-state index in [1.807, 2.05) is 27.7 Å². The number of benzene rings is 2. The van der Waals surface area contributed by atoms with E-state index >= 15 is 0 Å². The summed E-state index contributed by atoms with van der Waals surface area (Å²) in [6.07, 6.45) is 0.734. The quantitative estimate of drug-likeness (QED) is 0.528. The van der Waals surface area contributed by atoms with Crippen molar-refractivity contribution in [3.8, 4) is 0 Å². The third-order valence-corrected chi connectivity index (χ3v) is 4.40. The molecule has 3 amide bonds. The molecule has 0 saturated heterocycles. The minimum Gasteiger partial charge on any atom is -0.382 e. The van der Waals surface area contributed by atoms with Gasteiger partial charge in [-0.05, 0) is 49.7 Å². The van der Waals surface area contributed by atoms with Gasteiger partial charge in [0.05, 0.1) is 0 Å². The minimum atomic E-state index is -0.539. The Morgan fingerprint density at radius 3 is 2.03 bits per heavy atom. The number of hydrogen-bond acceptors (Lipinski definition) is 4. The van der Waals surface area contributed by atoms with Crippen LogP contribution in [-0.2, 0) is 9.53 Å². The van der Waals surface area contributed by atoms with Crippen molar-refractivity contribution in [2.45, 2.75) is 34.1 Å². The predicted octanol–water partition coefficient (Wildman–Crippen LogP) is 4.08. The highest BCUT2D eigenvalue weighted by Gasteiger charge is 2.21. The zero-order chi connectivity index (χ0) is 22.9. The first-order chi connectivity index (χ1) is 14.7. The summed E-state index contributed by atoms with van der Waals surface area (Å²) in [4.78, 5) is 37.2. The number of ether oxygens (including phenoxy) is 1. The molecule has 7 nitrogen and oxygen atoms in total. The van der Waals surface area contributed by atoms with Crippen LogP contribution in [0.4, 0.5) is 11.4 Å². The summed E-state index contributed by atoms with van der Waals surface area (Å²) in [5.41, 5.74) is 1.38. The third-order valence-electron chi connectivity index (χ3n) is 4.40. The molecule has 0 aliphatic heterocycles. The van der Waals surface area contributed by atoms with Crippen LogP contribution in [-0.4, -0.2) is 37.5 Å². The van der Waals surface area contributed by atoms with Crippen LogP contribution in [0.5, 0.6) is 0 Å². The second-order valence-electron chi connectivity index (χ2n) is 8.13. The molecule has 0 atom stereocenters.